The van der Waals surface area contributed by atoms with Gasteiger partial charge >= 0.3 is 0 Å². The van der Waals surface area contributed by atoms with Crippen LogP contribution in [-0.4, -0.2) is 20.4 Å². The van der Waals surface area contributed by atoms with E-state index in [1.165, 1.54) is 6.33 Å². The lowest BCUT2D eigenvalue weighted by Crippen LogP contribution is -2.11. The highest BCUT2D eigenvalue weighted by molar-refractivity contribution is 5.95. The fourth-order valence-corrected chi connectivity index (χ4v) is 0.983. The number of aromatic nitrogens is 3. The molecule has 0 saturated carbocycles. The molecule has 0 spiro atoms. The van der Waals surface area contributed by atoms with Crippen LogP contribution in [0.25, 0.3) is 5.65 Å². The SMILES string of the molecule is N=C(N)c1ccn2ncnc2c1. The van der Waals surface area contributed by atoms with Crippen LogP contribution in [0.1, 0.15) is 5.56 Å². The summed E-state index contributed by atoms with van der Waals surface area (Å²) in [6.45, 7) is 0. The van der Waals surface area contributed by atoms with Crippen molar-refractivity contribution in [3.05, 3.63) is 30.2 Å². The molecule has 2 aromatic heterocycles. The summed E-state index contributed by atoms with van der Waals surface area (Å²) in [6, 6.07) is 3.44. The number of nitrogen functional groups attached to an aromatic ring is 1. The van der Waals surface area contributed by atoms with Crippen molar-refractivity contribution in [2.24, 2.45) is 5.73 Å². The van der Waals surface area contributed by atoms with E-state index in [1.807, 2.05) is 0 Å². The fourth-order valence-electron chi connectivity index (χ4n) is 0.983. The minimum atomic E-state index is 0.0421. The van der Waals surface area contributed by atoms with Gasteiger partial charge in [0.05, 0.1) is 0 Å². The van der Waals surface area contributed by atoms with E-state index in [2.05, 4.69) is 10.1 Å². The molecule has 2 rings (SSSR count). The van der Waals surface area contributed by atoms with E-state index >= 15 is 0 Å². The number of amidine groups is 1. The van der Waals surface area contributed by atoms with Gasteiger partial charge < -0.3 is 5.73 Å². The van der Waals surface area contributed by atoms with Crippen molar-refractivity contribution >= 4 is 11.5 Å². The fraction of sp³-hybridized carbons (Fsp3) is 0. The first-order chi connectivity index (χ1) is 5.77. The first kappa shape index (κ1) is 6.78. The summed E-state index contributed by atoms with van der Waals surface area (Å²) in [6.07, 6.45) is 3.18. The van der Waals surface area contributed by atoms with Crippen molar-refractivity contribution in [3.63, 3.8) is 0 Å². The predicted octanol–water partition coefficient (Wildman–Crippen LogP) is 0.0134. The van der Waals surface area contributed by atoms with E-state index in [4.69, 9.17) is 11.1 Å². The van der Waals surface area contributed by atoms with Crippen LogP contribution in [0, 0.1) is 5.41 Å². The lowest BCUT2D eigenvalue weighted by atomic mass is 10.2. The molecule has 0 aliphatic carbocycles. The number of hydrogen-bond donors (Lipinski definition) is 2. The highest BCUT2D eigenvalue weighted by atomic mass is 15.3. The number of rotatable bonds is 1. The topological polar surface area (TPSA) is 80.1 Å². The second kappa shape index (κ2) is 2.30. The highest BCUT2D eigenvalue weighted by Gasteiger charge is 1.98. The van der Waals surface area contributed by atoms with Crippen LogP contribution in [0.4, 0.5) is 0 Å². The standard InChI is InChI=1S/C7H7N5/c8-7(9)5-1-2-12-6(3-5)10-4-11-12/h1-4H,(H3,8,9). The Kier molecular flexibility index (Phi) is 1.30. The Morgan fingerprint density at radius 3 is 3.17 bits per heavy atom. The summed E-state index contributed by atoms with van der Waals surface area (Å²) in [5.41, 5.74) is 6.66. The molecule has 12 heavy (non-hydrogen) atoms. The van der Waals surface area contributed by atoms with Crippen molar-refractivity contribution in [1.82, 2.24) is 14.6 Å². The molecule has 5 heteroatoms. The Labute approximate surface area is 68.3 Å². The van der Waals surface area contributed by atoms with E-state index in [1.54, 1.807) is 22.8 Å². The van der Waals surface area contributed by atoms with Gasteiger partial charge in [-0.05, 0) is 12.1 Å². The maximum atomic E-state index is 7.18. The maximum Gasteiger partial charge on any atom is 0.155 e. The quantitative estimate of drug-likeness (QED) is 0.456. The Morgan fingerprint density at radius 1 is 1.58 bits per heavy atom. The molecule has 0 saturated heterocycles. The van der Waals surface area contributed by atoms with Crippen molar-refractivity contribution in [3.8, 4) is 0 Å². The third-order valence-electron chi connectivity index (χ3n) is 1.59. The van der Waals surface area contributed by atoms with Gasteiger partial charge in [0, 0.05) is 11.8 Å². The summed E-state index contributed by atoms with van der Waals surface area (Å²) in [7, 11) is 0. The van der Waals surface area contributed by atoms with Crippen LogP contribution >= 0.6 is 0 Å². The first-order valence-corrected chi connectivity index (χ1v) is 3.41. The lowest BCUT2D eigenvalue weighted by Gasteiger charge is -1.96. The summed E-state index contributed by atoms with van der Waals surface area (Å²) in [5, 5.41) is 11.1. The molecule has 0 aliphatic heterocycles. The van der Waals surface area contributed by atoms with Crippen molar-refractivity contribution < 1.29 is 0 Å². The number of nitrogens with two attached hydrogens (primary N) is 1. The van der Waals surface area contributed by atoms with E-state index in [9.17, 15) is 0 Å². The summed E-state index contributed by atoms with van der Waals surface area (Å²) in [5.74, 6) is 0.0421. The van der Waals surface area contributed by atoms with Crippen molar-refractivity contribution in [2.45, 2.75) is 0 Å². The second-order valence-electron chi connectivity index (χ2n) is 2.39. The Morgan fingerprint density at radius 2 is 2.42 bits per heavy atom. The zero-order valence-corrected chi connectivity index (χ0v) is 6.23. The van der Waals surface area contributed by atoms with E-state index in [0.29, 0.717) is 11.2 Å². The van der Waals surface area contributed by atoms with E-state index in [0.717, 1.165) is 0 Å². The van der Waals surface area contributed by atoms with Gasteiger partial charge in [0.15, 0.2) is 5.65 Å². The van der Waals surface area contributed by atoms with E-state index < -0.39 is 0 Å². The molecule has 0 aliphatic rings. The number of fused-ring (bicyclic) bond motifs is 1. The van der Waals surface area contributed by atoms with Crippen molar-refractivity contribution in [2.75, 3.05) is 0 Å². The average molecular weight is 161 g/mol. The zero-order valence-electron chi connectivity index (χ0n) is 6.23. The van der Waals surface area contributed by atoms with Crippen LogP contribution in [0.15, 0.2) is 24.7 Å². The third-order valence-corrected chi connectivity index (χ3v) is 1.59. The average Bonchev–Trinajstić information content (AvgIpc) is 2.49. The number of nitrogens with zero attached hydrogens (tertiary/aromatic N) is 3. The molecule has 0 fully saturated rings. The summed E-state index contributed by atoms with van der Waals surface area (Å²) in [4.78, 5) is 3.96. The number of hydrogen-bond acceptors (Lipinski definition) is 3. The van der Waals surface area contributed by atoms with Gasteiger partial charge in [0.25, 0.3) is 0 Å². The summed E-state index contributed by atoms with van der Waals surface area (Å²) >= 11 is 0. The minimum Gasteiger partial charge on any atom is -0.384 e. The molecule has 0 unspecified atom stereocenters. The Bertz CT molecular complexity index is 430. The second-order valence-corrected chi connectivity index (χ2v) is 2.39. The largest absolute Gasteiger partial charge is 0.384 e. The van der Waals surface area contributed by atoms with Gasteiger partial charge in [-0.3, -0.25) is 5.41 Å². The molecule has 2 aromatic rings. The van der Waals surface area contributed by atoms with E-state index in [-0.39, 0.29) is 5.84 Å². The van der Waals surface area contributed by atoms with Gasteiger partial charge in [0.1, 0.15) is 12.2 Å². The van der Waals surface area contributed by atoms with Crippen LogP contribution in [-0.2, 0) is 0 Å². The third kappa shape index (κ3) is 0.914. The number of nitrogens with one attached hydrogen (secondary N) is 1. The smallest absolute Gasteiger partial charge is 0.155 e. The molecule has 3 N–H and O–H groups in total. The Balaban J connectivity index is 2.68. The molecule has 60 valence electrons. The molecular weight excluding hydrogens is 154 g/mol. The minimum absolute atomic E-state index is 0.0421. The molecule has 0 aromatic carbocycles. The molecular formula is C7H7N5. The van der Waals surface area contributed by atoms with Crippen LogP contribution in [0.3, 0.4) is 0 Å². The molecule has 0 amide bonds. The van der Waals surface area contributed by atoms with Crippen LogP contribution in [0.2, 0.25) is 0 Å². The Hall–Kier alpha value is -1.91. The maximum absolute atomic E-state index is 7.18. The van der Waals surface area contributed by atoms with Crippen LogP contribution in [0.5, 0.6) is 0 Å². The lowest BCUT2D eigenvalue weighted by molar-refractivity contribution is 0.960. The zero-order chi connectivity index (χ0) is 8.55. The molecule has 0 atom stereocenters. The predicted molar refractivity (Wildman–Crippen MR) is 44.0 cm³/mol. The van der Waals surface area contributed by atoms with Crippen LogP contribution < -0.4 is 5.73 Å². The molecule has 2 heterocycles. The normalized spacial score (nSPS) is 10.3. The van der Waals surface area contributed by atoms with Gasteiger partial charge in [-0.25, -0.2) is 9.50 Å². The highest BCUT2D eigenvalue weighted by Crippen LogP contribution is 2.02. The molecule has 5 nitrogen and oxygen atoms in total. The van der Waals surface area contributed by atoms with Crippen molar-refractivity contribution in [1.29, 1.82) is 5.41 Å². The monoisotopic (exact) mass is 161 g/mol. The molecule has 0 bridgehead atoms. The van der Waals surface area contributed by atoms with Gasteiger partial charge in [0.2, 0.25) is 0 Å². The van der Waals surface area contributed by atoms with Gasteiger partial charge in [-0.1, -0.05) is 0 Å². The molecule has 0 radical (unpaired) electrons. The number of pyridine rings is 1. The van der Waals surface area contributed by atoms with Gasteiger partial charge in [-0.2, -0.15) is 5.10 Å². The summed E-state index contributed by atoms with van der Waals surface area (Å²) < 4.78 is 1.62. The first-order valence-electron chi connectivity index (χ1n) is 3.41. The van der Waals surface area contributed by atoms with Gasteiger partial charge in [-0.15, -0.1) is 0 Å².